The largest absolute Gasteiger partial charge is 0.496 e. The van der Waals surface area contributed by atoms with Crippen molar-refractivity contribution in [3.05, 3.63) is 29.3 Å². The first-order valence-corrected chi connectivity index (χ1v) is 5.17. The molecule has 2 atom stereocenters. The molecule has 0 spiro atoms. The standard InChI is InChI=1S/C12H12F2O/c1-15-11-4-2-3-7-8(11)5-10-9(7)6-12(10,13)14/h2-4,9-10H,5-6H2,1H3. The number of hydrogen-bond donors (Lipinski definition) is 0. The number of benzene rings is 1. The van der Waals surface area contributed by atoms with E-state index < -0.39 is 11.8 Å². The van der Waals surface area contributed by atoms with Gasteiger partial charge in [0.15, 0.2) is 0 Å². The van der Waals surface area contributed by atoms with Crippen LogP contribution in [-0.2, 0) is 6.42 Å². The Labute approximate surface area is 87.1 Å². The molecule has 0 radical (unpaired) electrons. The summed E-state index contributed by atoms with van der Waals surface area (Å²) in [7, 11) is 1.59. The normalized spacial score (nSPS) is 30.3. The van der Waals surface area contributed by atoms with Gasteiger partial charge in [-0.2, -0.15) is 0 Å². The van der Waals surface area contributed by atoms with Crippen molar-refractivity contribution in [1.82, 2.24) is 0 Å². The SMILES string of the molecule is COc1cccc2c1CC1C2CC1(F)F. The molecule has 15 heavy (non-hydrogen) atoms. The van der Waals surface area contributed by atoms with E-state index >= 15 is 0 Å². The molecule has 1 aromatic carbocycles. The van der Waals surface area contributed by atoms with Gasteiger partial charge in [-0.05, 0) is 29.5 Å². The van der Waals surface area contributed by atoms with Crippen molar-refractivity contribution in [1.29, 1.82) is 0 Å². The van der Waals surface area contributed by atoms with Crippen molar-refractivity contribution in [2.24, 2.45) is 5.92 Å². The van der Waals surface area contributed by atoms with Gasteiger partial charge < -0.3 is 4.74 Å². The molecule has 2 unspecified atom stereocenters. The second-order valence-corrected chi connectivity index (χ2v) is 4.41. The van der Waals surface area contributed by atoms with E-state index in [1.54, 1.807) is 7.11 Å². The summed E-state index contributed by atoms with van der Waals surface area (Å²) in [4.78, 5) is 0. The second-order valence-electron chi connectivity index (χ2n) is 4.41. The Bertz CT molecular complexity index is 414. The van der Waals surface area contributed by atoms with Crippen molar-refractivity contribution in [2.45, 2.75) is 24.7 Å². The van der Waals surface area contributed by atoms with Crippen LogP contribution in [0.1, 0.15) is 23.5 Å². The molecule has 2 aliphatic rings. The highest BCUT2D eigenvalue weighted by Crippen LogP contribution is 2.60. The van der Waals surface area contributed by atoms with Gasteiger partial charge >= 0.3 is 0 Å². The lowest BCUT2D eigenvalue weighted by molar-refractivity contribution is -0.141. The van der Waals surface area contributed by atoms with Crippen molar-refractivity contribution < 1.29 is 13.5 Å². The smallest absolute Gasteiger partial charge is 0.252 e. The van der Waals surface area contributed by atoms with Crippen molar-refractivity contribution in [3.63, 3.8) is 0 Å². The van der Waals surface area contributed by atoms with Gasteiger partial charge in [0.2, 0.25) is 0 Å². The van der Waals surface area contributed by atoms with E-state index in [-0.39, 0.29) is 12.3 Å². The molecule has 80 valence electrons. The second kappa shape index (κ2) is 2.71. The number of methoxy groups -OCH3 is 1. The summed E-state index contributed by atoms with van der Waals surface area (Å²) in [6.45, 7) is 0. The lowest BCUT2D eigenvalue weighted by Crippen LogP contribution is -2.43. The molecule has 1 aromatic rings. The molecule has 1 nitrogen and oxygen atoms in total. The van der Waals surface area contributed by atoms with Crippen molar-refractivity contribution in [3.8, 4) is 5.75 Å². The third-order valence-electron chi connectivity index (χ3n) is 3.73. The zero-order valence-corrected chi connectivity index (χ0v) is 8.47. The van der Waals surface area contributed by atoms with Gasteiger partial charge in [-0.1, -0.05) is 12.1 Å². The fourth-order valence-corrected chi connectivity index (χ4v) is 2.90. The van der Waals surface area contributed by atoms with Crippen LogP contribution in [0.15, 0.2) is 18.2 Å². The van der Waals surface area contributed by atoms with Crippen LogP contribution in [0.25, 0.3) is 0 Å². The van der Waals surface area contributed by atoms with Crippen LogP contribution in [0.5, 0.6) is 5.75 Å². The number of halogens is 2. The van der Waals surface area contributed by atoms with E-state index in [9.17, 15) is 8.78 Å². The number of ether oxygens (including phenoxy) is 1. The van der Waals surface area contributed by atoms with Crippen molar-refractivity contribution >= 4 is 0 Å². The highest BCUT2D eigenvalue weighted by molar-refractivity contribution is 5.48. The summed E-state index contributed by atoms with van der Waals surface area (Å²) < 4.78 is 31.7. The third kappa shape index (κ3) is 1.06. The Hall–Kier alpha value is -1.12. The van der Waals surface area contributed by atoms with E-state index in [0.717, 1.165) is 16.9 Å². The van der Waals surface area contributed by atoms with Crippen LogP contribution in [0.2, 0.25) is 0 Å². The number of fused-ring (bicyclic) bond motifs is 3. The molecule has 0 heterocycles. The van der Waals surface area contributed by atoms with E-state index in [2.05, 4.69) is 0 Å². The lowest BCUT2D eigenvalue weighted by atomic mass is 9.71. The maximum atomic E-state index is 13.3. The van der Waals surface area contributed by atoms with E-state index in [0.29, 0.717) is 6.42 Å². The Morgan fingerprint density at radius 1 is 1.40 bits per heavy atom. The van der Waals surface area contributed by atoms with Gasteiger partial charge in [0, 0.05) is 12.3 Å². The Kier molecular flexibility index (Phi) is 1.65. The van der Waals surface area contributed by atoms with E-state index in [4.69, 9.17) is 4.74 Å². The highest BCUT2D eigenvalue weighted by Gasteiger charge is 2.59. The maximum absolute atomic E-state index is 13.3. The van der Waals surface area contributed by atoms with Gasteiger partial charge in [-0.3, -0.25) is 0 Å². The van der Waals surface area contributed by atoms with Crippen molar-refractivity contribution in [2.75, 3.05) is 7.11 Å². The van der Waals surface area contributed by atoms with Crippen LogP contribution in [0, 0.1) is 5.92 Å². The number of hydrogen-bond acceptors (Lipinski definition) is 1. The predicted octanol–water partition coefficient (Wildman–Crippen LogP) is 2.99. The van der Waals surface area contributed by atoms with Gasteiger partial charge in [0.1, 0.15) is 5.75 Å². The topological polar surface area (TPSA) is 9.23 Å². The molecule has 3 rings (SSSR count). The third-order valence-corrected chi connectivity index (χ3v) is 3.73. The number of alkyl halides is 2. The molecular formula is C12H12F2O. The minimum absolute atomic E-state index is 0.0117. The molecule has 3 heteroatoms. The molecule has 2 aliphatic carbocycles. The molecule has 0 bridgehead atoms. The van der Waals surface area contributed by atoms with Gasteiger partial charge in [-0.15, -0.1) is 0 Å². The molecule has 1 fully saturated rings. The van der Waals surface area contributed by atoms with Crippen LogP contribution in [-0.4, -0.2) is 13.0 Å². The zero-order chi connectivity index (χ0) is 10.6. The Morgan fingerprint density at radius 2 is 2.20 bits per heavy atom. The summed E-state index contributed by atoms with van der Waals surface area (Å²) in [5.41, 5.74) is 2.07. The summed E-state index contributed by atoms with van der Waals surface area (Å²) >= 11 is 0. The fourth-order valence-electron chi connectivity index (χ4n) is 2.90. The van der Waals surface area contributed by atoms with Gasteiger partial charge in [-0.25, -0.2) is 8.78 Å². The molecule has 0 amide bonds. The van der Waals surface area contributed by atoms with Crippen LogP contribution in [0.4, 0.5) is 8.78 Å². The average molecular weight is 210 g/mol. The summed E-state index contributed by atoms with van der Waals surface area (Å²) in [6, 6.07) is 5.69. The molecule has 0 aromatic heterocycles. The quantitative estimate of drug-likeness (QED) is 0.692. The molecule has 1 saturated carbocycles. The first-order chi connectivity index (χ1) is 7.13. The van der Waals surface area contributed by atoms with Gasteiger partial charge in [0.25, 0.3) is 5.92 Å². The molecule has 0 N–H and O–H groups in total. The van der Waals surface area contributed by atoms with E-state index in [1.165, 1.54) is 0 Å². The fraction of sp³-hybridized carbons (Fsp3) is 0.500. The summed E-state index contributed by atoms with van der Waals surface area (Å²) in [5.74, 6) is -2.12. The average Bonchev–Trinajstić information content (AvgIpc) is 2.53. The van der Waals surface area contributed by atoms with Crippen LogP contribution >= 0.6 is 0 Å². The first kappa shape index (κ1) is 9.13. The molecule has 0 saturated heterocycles. The van der Waals surface area contributed by atoms with E-state index in [1.807, 2.05) is 18.2 Å². The minimum atomic E-state index is -2.46. The van der Waals surface area contributed by atoms with Gasteiger partial charge in [0.05, 0.1) is 7.11 Å². The van der Waals surface area contributed by atoms with Crippen LogP contribution < -0.4 is 4.74 Å². The highest BCUT2D eigenvalue weighted by atomic mass is 19.3. The van der Waals surface area contributed by atoms with Crippen LogP contribution in [0.3, 0.4) is 0 Å². The lowest BCUT2D eigenvalue weighted by Gasteiger charge is -2.40. The predicted molar refractivity (Wildman–Crippen MR) is 52.5 cm³/mol. The zero-order valence-electron chi connectivity index (χ0n) is 8.47. The molecular weight excluding hydrogens is 198 g/mol. The maximum Gasteiger partial charge on any atom is 0.252 e. The Morgan fingerprint density at radius 3 is 2.87 bits per heavy atom. The minimum Gasteiger partial charge on any atom is -0.496 e. The monoisotopic (exact) mass is 210 g/mol. The summed E-state index contributed by atoms with van der Waals surface area (Å²) in [5, 5.41) is 0. The number of rotatable bonds is 1. The summed E-state index contributed by atoms with van der Waals surface area (Å²) in [6.07, 6.45) is 0.481. The molecule has 0 aliphatic heterocycles. The first-order valence-electron chi connectivity index (χ1n) is 5.17. The Balaban J connectivity index is 2.04.